The van der Waals surface area contributed by atoms with Crippen molar-refractivity contribution in [2.24, 2.45) is 5.41 Å². The first-order valence-electron chi connectivity index (χ1n) is 8.17. The molecular formula is C19H16ClF2NO4. The molecule has 0 radical (unpaired) electrons. The fraction of sp³-hybridized carbons (Fsp3) is 0.263. The lowest BCUT2D eigenvalue weighted by atomic mass is 9.88. The van der Waals surface area contributed by atoms with Crippen LogP contribution in [0.2, 0.25) is 5.02 Å². The van der Waals surface area contributed by atoms with Gasteiger partial charge >= 0.3 is 5.97 Å². The molecule has 1 fully saturated rings. The highest BCUT2D eigenvalue weighted by atomic mass is 35.5. The molecule has 1 aliphatic heterocycles. The van der Waals surface area contributed by atoms with Crippen LogP contribution < -0.4 is 4.74 Å². The lowest BCUT2D eigenvalue weighted by Crippen LogP contribution is -2.41. The van der Waals surface area contributed by atoms with Gasteiger partial charge in [0.25, 0.3) is 5.91 Å². The predicted octanol–water partition coefficient (Wildman–Crippen LogP) is 3.61. The summed E-state index contributed by atoms with van der Waals surface area (Å²) in [5.74, 6) is -2.46. The van der Waals surface area contributed by atoms with Gasteiger partial charge in [0.05, 0.1) is 5.02 Å². The quantitative estimate of drug-likeness (QED) is 0.839. The number of hydrogen-bond donors (Lipinski definition) is 1. The maximum absolute atomic E-state index is 13.5. The first kappa shape index (κ1) is 19.1. The first-order valence-corrected chi connectivity index (χ1v) is 8.55. The Labute approximate surface area is 159 Å². The molecule has 0 aromatic heterocycles. The van der Waals surface area contributed by atoms with Crippen LogP contribution >= 0.6 is 11.6 Å². The Kier molecular flexibility index (Phi) is 5.32. The molecule has 5 nitrogen and oxygen atoms in total. The summed E-state index contributed by atoms with van der Waals surface area (Å²) in [6, 6.07) is 8.89. The molecule has 2 aromatic carbocycles. The second-order valence-corrected chi connectivity index (χ2v) is 6.84. The highest BCUT2D eigenvalue weighted by Gasteiger charge is 2.47. The van der Waals surface area contributed by atoms with Crippen molar-refractivity contribution in [2.75, 3.05) is 19.7 Å². The SMILES string of the molecule is O=C(c1ccc(F)cc1)N1CCC(COc2ccc(Cl)c(F)c2)(C(=O)O)C1. The van der Waals surface area contributed by atoms with Gasteiger partial charge in [-0.2, -0.15) is 0 Å². The van der Waals surface area contributed by atoms with Crippen LogP contribution in [0.5, 0.6) is 5.75 Å². The van der Waals surface area contributed by atoms with E-state index in [-0.39, 0.29) is 48.4 Å². The van der Waals surface area contributed by atoms with E-state index in [9.17, 15) is 23.5 Å². The molecule has 1 heterocycles. The molecule has 0 bridgehead atoms. The summed E-state index contributed by atoms with van der Waals surface area (Å²) < 4.78 is 32.0. The zero-order valence-corrected chi connectivity index (χ0v) is 14.9. The number of rotatable bonds is 5. The number of halogens is 3. The lowest BCUT2D eigenvalue weighted by molar-refractivity contribution is -0.149. The number of amides is 1. The third kappa shape index (κ3) is 4.03. The minimum absolute atomic E-state index is 0.0609. The molecule has 8 heteroatoms. The van der Waals surface area contributed by atoms with Crippen molar-refractivity contribution < 1.29 is 28.2 Å². The zero-order chi connectivity index (χ0) is 19.6. The summed E-state index contributed by atoms with van der Waals surface area (Å²) in [6.07, 6.45) is 0.186. The number of ether oxygens (including phenoxy) is 1. The average Bonchev–Trinajstić information content (AvgIpc) is 3.09. The number of likely N-dealkylation sites (tertiary alicyclic amines) is 1. The van der Waals surface area contributed by atoms with E-state index in [0.717, 1.165) is 6.07 Å². The first-order chi connectivity index (χ1) is 12.8. The monoisotopic (exact) mass is 395 g/mol. The third-order valence-corrected chi connectivity index (χ3v) is 4.90. The summed E-state index contributed by atoms with van der Waals surface area (Å²) in [6.45, 7) is -0.0634. The molecule has 1 N–H and O–H groups in total. The fourth-order valence-corrected chi connectivity index (χ4v) is 3.08. The molecule has 1 amide bonds. The van der Waals surface area contributed by atoms with Gasteiger partial charge in [-0.3, -0.25) is 9.59 Å². The Hall–Kier alpha value is -2.67. The third-order valence-electron chi connectivity index (χ3n) is 4.59. The molecule has 27 heavy (non-hydrogen) atoms. The van der Waals surface area contributed by atoms with Gasteiger partial charge in [-0.25, -0.2) is 8.78 Å². The van der Waals surface area contributed by atoms with Crippen LogP contribution in [0.3, 0.4) is 0 Å². The van der Waals surface area contributed by atoms with E-state index >= 15 is 0 Å². The maximum Gasteiger partial charge on any atom is 0.315 e. The molecule has 1 unspecified atom stereocenters. The number of carboxylic acids is 1. The van der Waals surface area contributed by atoms with E-state index in [2.05, 4.69) is 0 Å². The summed E-state index contributed by atoms with van der Waals surface area (Å²) in [7, 11) is 0. The van der Waals surface area contributed by atoms with E-state index in [1.54, 1.807) is 0 Å². The Morgan fingerprint density at radius 1 is 1.19 bits per heavy atom. The van der Waals surface area contributed by atoms with Gasteiger partial charge in [0.2, 0.25) is 0 Å². The van der Waals surface area contributed by atoms with E-state index in [1.807, 2.05) is 0 Å². The van der Waals surface area contributed by atoms with Crippen molar-refractivity contribution in [1.29, 1.82) is 0 Å². The van der Waals surface area contributed by atoms with Crippen LogP contribution in [0.15, 0.2) is 42.5 Å². The molecule has 0 aliphatic carbocycles. The van der Waals surface area contributed by atoms with E-state index in [4.69, 9.17) is 16.3 Å². The van der Waals surface area contributed by atoms with Crippen LogP contribution in [0.1, 0.15) is 16.8 Å². The van der Waals surface area contributed by atoms with Crippen molar-refractivity contribution in [3.05, 3.63) is 64.7 Å². The largest absolute Gasteiger partial charge is 0.492 e. The van der Waals surface area contributed by atoms with E-state index < -0.39 is 23.0 Å². The Morgan fingerprint density at radius 2 is 1.89 bits per heavy atom. The van der Waals surface area contributed by atoms with Crippen molar-refractivity contribution in [3.63, 3.8) is 0 Å². The molecular weight excluding hydrogens is 380 g/mol. The number of carbonyl (C=O) groups is 2. The Bertz CT molecular complexity index is 875. The molecule has 2 aromatic rings. The highest BCUT2D eigenvalue weighted by Crippen LogP contribution is 2.33. The highest BCUT2D eigenvalue weighted by molar-refractivity contribution is 6.30. The molecule has 1 saturated heterocycles. The van der Waals surface area contributed by atoms with Crippen molar-refractivity contribution >= 4 is 23.5 Å². The zero-order valence-electron chi connectivity index (χ0n) is 14.1. The average molecular weight is 396 g/mol. The van der Waals surface area contributed by atoms with Crippen LogP contribution in [0.4, 0.5) is 8.78 Å². The number of hydrogen-bond acceptors (Lipinski definition) is 3. The van der Waals surface area contributed by atoms with Crippen molar-refractivity contribution in [2.45, 2.75) is 6.42 Å². The Balaban J connectivity index is 1.72. The summed E-state index contributed by atoms with van der Waals surface area (Å²) in [5.41, 5.74) is -1.04. The maximum atomic E-state index is 13.5. The van der Waals surface area contributed by atoms with Gasteiger partial charge in [0, 0.05) is 24.7 Å². The summed E-state index contributed by atoms with van der Waals surface area (Å²) >= 11 is 5.62. The van der Waals surface area contributed by atoms with Gasteiger partial charge in [-0.05, 0) is 42.8 Å². The van der Waals surface area contributed by atoms with Crippen molar-refractivity contribution in [1.82, 2.24) is 4.90 Å². The second-order valence-electron chi connectivity index (χ2n) is 6.43. The molecule has 1 atom stereocenters. The van der Waals surface area contributed by atoms with Gasteiger partial charge in [0.15, 0.2) is 0 Å². The van der Waals surface area contributed by atoms with Gasteiger partial charge in [-0.15, -0.1) is 0 Å². The van der Waals surface area contributed by atoms with Crippen LogP contribution in [0.25, 0.3) is 0 Å². The van der Waals surface area contributed by atoms with Crippen LogP contribution in [-0.4, -0.2) is 41.6 Å². The lowest BCUT2D eigenvalue weighted by Gasteiger charge is -2.25. The topological polar surface area (TPSA) is 66.8 Å². The predicted molar refractivity (Wildman–Crippen MR) is 93.9 cm³/mol. The van der Waals surface area contributed by atoms with E-state index in [0.29, 0.717) is 0 Å². The summed E-state index contributed by atoms with van der Waals surface area (Å²) in [5, 5.41) is 9.62. The number of carbonyl (C=O) groups excluding carboxylic acids is 1. The van der Waals surface area contributed by atoms with Crippen molar-refractivity contribution in [3.8, 4) is 5.75 Å². The summed E-state index contributed by atoms with van der Waals surface area (Å²) in [4.78, 5) is 25.8. The smallest absolute Gasteiger partial charge is 0.315 e. The molecule has 0 saturated carbocycles. The minimum Gasteiger partial charge on any atom is -0.492 e. The molecule has 3 rings (SSSR count). The van der Waals surface area contributed by atoms with E-state index in [1.165, 1.54) is 41.3 Å². The van der Waals surface area contributed by atoms with Crippen LogP contribution in [0, 0.1) is 17.0 Å². The van der Waals surface area contributed by atoms with Gasteiger partial charge in [0.1, 0.15) is 29.4 Å². The number of carboxylic acid groups (broad SMARTS) is 1. The normalized spacial score (nSPS) is 19.1. The number of nitrogens with zero attached hydrogens (tertiary/aromatic N) is 1. The van der Waals surface area contributed by atoms with Gasteiger partial charge in [-0.1, -0.05) is 11.6 Å². The number of benzene rings is 2. The standard InChI is InChI=1S/C19H16ClF2NO4/c20-15-6-5-14(9-16(15)22)27-11-19(18(25)26)7-8-23(10-19)17(24)12-1-3-13(21)4-2-12/h1-6,9H,7-8,10-11H2,(H,25,26). The second kappa shape index (κ2) is 7.52. The molecule has 142 valence electrons. The minimum atomic E-state index is -1.31. The van der Waals surface area contributed by atoms with Crippen LogP contribution in [-0.2, 0) is 4.79 Å². The number of aliphatic carboxylic acids is 1. The fourth-order valence-electron chi connectivity index (χ4n) is 2.96. The van der Waals surface area contributed by atoms with Gasteiger partial charge < -0.3 is 14.7 Å². The Morgan fingerprint density at radius 3 is 2.52 bits per heavy atom. The molecule has 0 spiro atoms. The molecule has 1 aliphatic rings.